The minimum atomic E-state index is -0.366. The van der Waals surface area contributed by atoms with Gasteiger partial charge in [0.2, 0.25) is 0 Å². The molecule has 5 nitrogen and oxygen atoms in total. The van der Waals surface area contributed by atoms with Gasteiger partial charge < -0.3 is 19.7 Å². The van der Waals surface area contributed by atoms with Crippen LogP contribution in [-0.2, 0) is 13.2 Å². The Balaban J connectivity index is 1.81. The fourth-order valence-electron chi connectivity index (χ4n) is 2.23. The van der Waals surface area contributed by atoms with Crippen molar-refractivity contribution in [2.75, 3.05) is 6.54 Å². The molecule has 0 aliphatic rings. The van der Waals surface area contributed by atoms with Crippen molar-refractivity contribution < 1.29 is 14.4 Å². The normalized spacial score (nSPS) is 13.1. The summed E-state index contributed by atoms with van der Waals surface area (Å²) in [6, 6.07) is 7.96. The average Bonchev–Trinajstić information content (AvgIpc) is 2.84. The lowest BCUT2D eigenvalue weighted by Crippen LogP contribution is -2.36. The molecular weight excluding hydrogens is 304 g/mol. The molecule has 2 N–H and O–H groups in total. The van der Waals surface area contributed by atoms with E-state index in [2.05, 4.69) is 10.5 Å². The van der Waals surface area contributed by atoms with Crippen molar-refractivity contribution in [3.63, 3.8) is 0 Å². The van der Waals surface area contributed by atoms with Crippen LogP contribution in [0.5, 0.6) is 5.75 Å². The zero-order valence-corrected chi connectivity index (χ0v) is 15.2. The number of hydrogen-bond donors (Lipinski definition) is 2. The predicted octanol–water partition coefficient (Wildman–Crippen LogP) is 3.37. The van der Waals surface area contributed by atoms with Gasteiger partial charge in [0, 0.05) is 13.1 Å². The maximum atomic E-state index is 10.0. The molecule has 0 saturated carbocycles. The molecule has 0 aliphatic heterocycles. The molecule has 0 radical (unpaired) electrons. The number of aryl methyl sites for hydroxylation is 2. The second-order valence-corrected chi connectivity index (χ2v) is 7.25. The first-order valence-corrected chi connectivity index (χ1v) is 8.29. The Morgan fingerprint density at radius 1 is 1.21 bits per heavy atom. The Bertz CT molecular complexity index is 622. The van der Waals surface area contributed by atoms with Crippen LogP contribution in [0.1, 0.15) is 43.4 Å². The van der Waals surface area contributed by atoms with Crippen LogP contribution >= 0.6 is 0 Å². The molecule has 2 rings (SSSR count). The van der Waals surface area contributed by atoms with E-state index >= 15 is 0 Å². The van der Waals surface area contributed by atoms with Gasteiger partial charge in [0.15, 0.2) is 0 Å². The molecule has 1 unspecified atom stereocenters. The van der Waals surface area contributed by atoms with E-state index in [4.69, 9.17) is 9.26 Å². The molecule has 1 aromatic carbocycles. The Hall–Kier alpha value is -1.85. The highest BCUT2D eigenvalue weighted by molar-refractivity contribution is 5.28. The highest BCUT2D eigenvalue weighted by atomic mass is 16.5. The van der Waals surface area contributed by atoms with Crippen molar-refractivity contribution in [3.8, 4) is 5.75 Å². The number of rotatable bonds is 7. The number of nitrogens with one attached hydrogen (secondary N) is 1. The number of hydrogen-bond acceptors (Lipinski definition) is 5. The zero-order valence-electron chi connectivity index (χ0n) is 15.2. The smallest absolute Gasteiger partial charge is 0.140 e. The summed E-state index contributed by atoms with van der Waals surface area (Å²) in [5, 5.41) is 17.2. The van der Waals surface area contributed by atoms with E-state index in [-0.39, 0.29) is 11.5 Å². The molecule has 24 heavy (non-hydrogen) atoms. The van der Waals surface area contributed by atoms with Crippen molar-refractivity contribution in [1.29, 1.82) is 0 Å². The monoisotopic (exact) mass is 332 g/mol. The van der Waals surface area contributed by atoms with Crippen LogP contribution in [0, 0.1) is 19.3 Å². The fraction of sp³-hybridized carbons (Fsp3) is 0.526. The fourth-order valence-corrected chi connectivity index (χ4v) is 2.23. The molecule has 0 spiro atoms. The molecule has 1 aromatic heterocycles. The van der Waals surface area contributed by atoms with Crippen molar-refractivity contribution >= 4 is 0 Å². The summed E-state index contributed by atoms with van der Waals surface area (Å²) in [6.45, 7) is 11.6. The molecule has 1 heterocycles. The van der Waals surface area contributed by atoms with E-state index in [1.54, 1.807) is 0 Å². The van der Waals surface area contributed by atoms with Crippen LogP contribution in [-0.4, -0.2) is 22.9 Å². The summed E-state index contributed by atoms with van der Waals surface area (Å²) in [5.74, 6) is 1.61. The second kappa shape index (κ2) is 7.81. The van der Waals surface area contributed by atoms with Gasteiger partial charge in [0.05, 0.1) is 17.4 Å². The summed E-state index contributed by atoms with van der Waals surface area (Å²) in [5.41, 5.74) is 2.91. The molecule has 0 aliphatic carbocycles. The topological polar surface area (TPSA) is 67.5 Å². The Morgan fingerprint density at radius 2 is 1.88 bits per heavy atom. The van der Waals surface area contributed by atoms with Crippen LogP contribution in [0.2, 0.25) is 0 Å². The SMILES string of the molecule is Cc1noc(C)c1COc1ccc(CNCC(O)C(C)(C)C)cc1. The van der Waals surface area contributed by atoms with Crippen LogP contribution in [0.25, 0.3) is 0 Å². The number of aliphatic hydroxyl groups excluding tert-OH is 1. The van der Waals surface area contributed by atoms with E-state index in [9.17, 15) is 5.11 Å². The third-order valence-corrected chi connectivity index (χ3v) is 4.15. The van der Waals surface area contributed by atoms with Gasteiger partial charge in [0.25, 0.3) is 0 Å². The van der Waals surface area contributed by atoms with Crippen LogP contribution in [0.15, 0.2) is 28.8 Å². The van der Waals surface area contributed by atoms with Gasteiger partial charge in [-0.3, -0.25) is 0 Å². The molecule has 2 aromatic rings. The zero-order chi connectivity index (χ0) is 17.7. The highest BCUT2D eigenvalue weighted by Gasteiger charge is 2.21. The minimum absolute atomic E-state index is 0.108. The van der Waals surface area contributed by atoms with Crippen molar-refractivity contribution in [1.82, 2.24) is 10.5 Å². The third kappa shape index (κ3) is 5.08. The van der Waals surface area contributed by atoms with E-state index in [0.29, 0.717) is 13.2 Å². The lowest BCUT2D eigenvalue weighted by molar-refractivity contribution is 0.0627. The maximum Gasteiger partial charge on any atom is 0.140 e. The molecule has 0 saturated heterocycles. The van der Waals surface area contributed by atoms with Crippen LogP contribution in [0.4, 0.5) is 0 Å². The lowest BCUT2D eigenvalue weighted by atomic mass is 9.89. The van der Waals surface area contributed by atoms with Gasteiger partial charge in [-0.05, 0) is 37.0 Å². The molecular formula is C19H28N2O3. The summed E-state index contributed by atoms with van der Waals surface area (Å²) in [7, 11) is 0. The quantitative estimate of drug-likeness (QED) is 0.814. The van der Waals surface area contributed by atoms with Gasteiger partial charge in [-0.2, -0.15) is 0 Å². The van der Waals surface area contributed by atoms with Crippen molar-refractivity contribution in [3.05, 3.63) is 46.8 Å². The minimum Gasteiger partial charge on any atom is -0.489 e. The Morgan fingerprint density at radius 3 is 2.42 bits per heavy atom. The first-order chi connectivity index (χ1) is 11.3. The largest absolute Gasteiger partial charge is 0.489 e. The number of nitrogens with zero attached hydrogens (tertiary/aromatic N) is 1. The molecule has 0 bridgehead atoms. The molecule has 1 atom stereocenters. The standard InChI is InChI=1S/C19H28N2O3/c1-13-17(14(2)24-21-13)12-23-16-8-6-15(7-9-16)10-20-11-18(22)19(3,4)5/h6-9,18,20,22H,10-12H2,1-5H3. The van der Waals surface area contributed by atoms with E-state index in [1.807, 2.05) is 58.9 Å². The van der Waals surface area contributed by atoms with Gasteiger partial charge >= 0.3 is 0 Å². The Labute approximate surface area is 144 Å². The van der Waals surface area contributed by atoms with Gasteiger partial charge in [-0.25, -0.2) is 0 Å². The van der Waals surface area contributed by atoms with Gasteiger partial charge in [-0.15, -0.1) is 0 Å². The summed E-state index contributed by atoms with van der Waals surface area (Å²) in [6.07, 6.45) is -0.366. The molecule has 0 amide bonds. The summed E-state index contributed by atoms with van der Waals surface area (Å²) >= 11 is 0. The number of aromatic nitrogens is 1. The lowest BCUT2D eigenvalue weighted by Gasteiger charge is -2.26. The summed E-state index contributed by atoms with van der Waals surface area (Å²) in [4.78, 5) is 0. The molecule has 132 valence electrons. The van der Waals surface area contributed by atoms with Crippen molar-refractivity contribution in [2.24, 2.45) is 5.41 Å². The third-order valence-electron chi connectivity index (χ3n) is 4.15. The van der Waals surface area contributed by atoms with Gasteiger partial charge in [-0.1, -0.05) is 38.1 Å². The number of benzene rings is 1. The first-order valence-electron chi connectivity index (χ1n) is 8.29. The second-order valence-electron chi connectivity index (χ2n) is 7.25. The Kier molecular flexibility index (Phi) is 6.02. The molecule has 5 heteroatoms. The number of ether oxygens (including phenoxy) is 1. The van der Waals surface area contributed by atoms with E-state index in [1.165, 1.54) is 0 Å². The molecule has 0 fully saturated rings. The van der Waals surface area contributed by atoms with E-state index in [0.717, 1.165) is 34.9 Å². The summed E-state index contributed by atoms with van der Waals surface area (Å²) < 4.78 is 10.9. The van der Waals surface area contributed by atoms with Crippen molar-refractivity contribution in [2.45, 2.75) is 53.9 Å². The van der Waals surface area contributed by atoms with Gasteiger partial charge in [0.1, 0.15) is 18.1 Å². The highest BCUT2D eigenvalue weighted by Crippen LogP contribution is 2.19. The maximum absolute atomic E-state index is 10.0. The van der Waals surface area contributed by atoms with Crippen LogP contribution in [0.3, 0.4) is 0 Å². The van der Waals surface area contributed by atoms with E-state index < -0.39 is 0 Å². The predicted molar refractivity (Wildman–Crippen MR) is 93.9 cm³/mol. The average molecular weight is 332 g/mol. The first kappa shape index (κ1) is 18.5. The van der Waals surface area contributed by atoms with Crippen LogP contribution < -0.4 is 10.1 Å². The number of aliphatic hydroxyl groups is 1.